The smallest absolute Gasteiger partial charge is 0.311 e. The summed E-state index contributed by atoms with van der Waals surface area (Å²) in [4.78, 5) is 15.3. The maximum atomic E-state index is 11.0. The van der Waals surface area contributed by atoms with Crippen LogP contribution in [0.5, 0.6) is 5.75 Å². The minimum atomic E-state index is -0.403. The molecule has 3 rings (SSSR count). The Bertz CT molecular complexity index is 587. The van der Waals surface area contributed by atoms with E-state index in [9.17, 15) is 10.1 Å². The first-order valence-corrected chi connectivity index (χ1v) is 8.58. The van der Waals surface area contributed by atoms with Gasteiger partial charge in [0.1, 0.15) is 0 Å². The van der Waals surface area contributed by atoms with E-state index in [2.05, 4.69) is 22.2 Å². The lowest BCUT2D eigenvalue weighted by Crippen LogP contribution is -2.54. The summed E-state index contributed by atoms with van der Waals surface area (Å²) in [6.45, 7) is 5.27. The van der Waals surface area contributed by atoms with Crippen LogP contribution in [0.4, 0.5) is 11.4 Å². The molecule has 0 amide bonds. The second-order valence-corrected chi connectivity index (χ2v) is 6.76. The topological polar surface area (TPSA) is 70.9 Å². The van der Waals surface area contributed by atoms with Gasteiger partial charge in [0.2, 0.25) is 0 Å². The monoisotopic (exact) mass is 334 g/mol. The number of anilines is 1. The largest absolute Gasteiger partial charge is 0.490 e. The Morgan fingerprint density at radius 2 is 2.04 bits per heavy atom. The molecule has 0 saturated carbocycles. The first-order chi connectivity index (χ1) is 11.6. The number of likely N-dealkylation sites (N-methyl/N-ethyl adjacent to an activating group) is 1. The van der Waals surface area contributed by atoms with Crippen LogP contribution in [0.2, 0.25) is 0 Å². The molecule has 2 aliphatic rings. The molecule has 2 heterocycles. The van der Waals surface area contributed by atoms with Gasteiger partial charge in [0.05, 0.1) is 12.0 Å². The van der Waals surface area contributed by atoms with Crippen LogP contribution in [0, 0.1) is 16.0 Å². The van der Waals surface area contributed by atoms with Gasteiger partial charge in [-0.05, 0) is 31.9 Å². The van der Waals surface area contributed by atoms with Crippen LogP contribution in [0.3, 0.4) is 0 Å². The summed E-state index contributed by atoms with van der Waals surface area (Å²) in [6.07, 6.45) is 2.29. The van der Waals surface area contributed by atoms with Gasteiger partial charge in [-0.2, -0.15) is 0 Å². The number of methoxy groups -OCH3 is 1. The van der Waals surface area contributed by atoms with E-state index in [4.69, 9.17) is 4.74 Å². The second kappa shape index (κ2) is 7.36. The van der Waals surface area contributed by atoms with Gasteiger partial charge in [0.15, 0.2) is 5.75 Å². The number of nitrogens with one attached hydrogen (secondary N) is 1. The van der Waals surface area contributed by atoms with Crippen LogP contribution in [0.25, 0.3) is 0 Å². The molecule has 0 radical (unpaired) electrons. The van der Waals surface area contributed by atoms with Crippen molar-refractivity contribution in [3.05, 3.63) is 28.3 Å². The second-order valence-electron chi connectivity index (χ2n) is 6.76. The van der Waals surface area contributed by atoms with Gasteiger partial charge in [-0.25, -0.2) is 0 Å². The molecule has 132 valence electrons. The third-order valence-electron chi connectivity index (χ3n) is 5.24. The van der Waals surface area contributed by atoms with Crippen LogP contribution in [-0.4, -0.2) is 62.7 Å². The summed E-state index contributed by atoms with van der Waals surface area (Å²) in [5, 5.41) is 14.7. The Balaban J connectivity index is 1.63. The van der Waals surface area contributed by atoms with E-state index in [1.54, 1.807) is 6.07 Å². The van der Waals surface area contributed by atoms with Crippen molar-refractivity contribution >= 4 is 11.4 Å². The van der Waals surface area contributed by atoms with Crippen molar-refractivity contribution in [2.24, 2.45) is 5.92 Å². The lowest BCUT2D eigenvalue weighted by atomic mass is 9.88. The average Bonchev–Trinajstić information content (AvgIpc) is 2.61. The number of nitrogens with zero attached hydrogens (tertiary/aromatic N) is 3. The first-order valence-electron chi connectivity index (χ1n) is 8.58. The van der Waals surface area contributed by atoms with E-state index >= 15 is 0 Å². The highest BCUT2D eigenvalue weighted by Crippen LogP contribution is 2.33. The van der Waals surface area contributed by atoms with Gasteiger partial charge < -0.3 is 19.9 Å². The molecule has 2 saturated heterocycles. The molecule has 1 N–H and O–H groups in total. The van der Waals surface area contributed by atoms with Crippen molar-refractivity contribution in [2.45, 2.75) is 18.9 Å². The van der Waals surface area contributed by atoms with E-state index in [0.29, 0.717) is 17.7 Å². The fourth-order valence-corrected chi connectivity index (χ4v) is 3.82. The number of ether oxygens (including phenoxy) is 1. The predicted octanol–water partition coefficient (Wildman–Crippen LogP) is 1.72. The zero-order valence-corrected chi connectivity index (χ0v) is 14.4. The molecule has 1 aromatic rings. The molecule has 24 heavy (non-hydrogen) atoms. The first kappa shape index (κ1) is 17.0. The Kier molecular flexibility index (Phi) is 5.20. The molecule has 2 aliphatic heterocycles. The van der Waals surface area contributed by atoms with Crippen molar-refractivity contribution in [1.82, 2.24) is 10.2 Å². The molecule has 1 aromatic carbocycles. The summed E-state index contributed by atoms with van der Waals surface area (Å²) in [5.74, 6) is 1.03. The molecule has 1 atom stereocenters. The summed E-state index contributed by atoms with van der Waals surface area (Å²) in [6, 6.07) is 5.73. The molecule has 0 bridgehead atoms. The SMILES string of the molecule is COc1cc(N2CCC(C3CN(C)CCN3)CC2)ccc1[N+](=O)[O-]. The summed E-state index contributed by atoms with van der Waals surface area (Å²) in [7, 11) is 3.66. The molecule has 0 spiro atoms. The molecule has 7 nitrogen and oxygen atoms in total. The zero-order valence-electron chi connectivity index (χ0n) is 14.4. The van der Waals surface area contributed by atoms with E-state index < -0.39 is 4.92 Å². The van der Waals surface area contributed by atoms with Gasteiger partial charge in [-0.3, -0.25) is 10.1 Å². The van der Waals surface area contributed by atoms with Crippen molar-refractivity contribution in [3.8, 4) is 5.75 Å². The highest BCUT2D eigenvalue weighted by molar-refractivity contribution is 5.59. The van der Waals surface area contributed by atoms with E-state index in [1.807, 2.05) is 6.07 Å². The van der Waals surface area contributed by atoms with Crippen LogP contribution in [0.15, 0.2) is 18.2 Å². The predicted molar refractivity (Wildman–Crippen MR) is 93.9 cm³/mol. The summed E-state index contributed by atoms with van der Waals surface area (Å²) in [5.41, 5.74) is 1.02. The van der Waals surface area contributed by atoms with Gasteiger partial charge in [0, 0.05) is 56.6 Å². The van der Waals surface area contributed by atoms with Gasteiger partial charge in [-0.1, -0.05) is 0 Å². The van der Waals surface area contributed by atoms with Crippen molar-refractivity contribution in [3.63, 3.8) is 0 Å². The van der Waals surface area contributed by atoms with Crippen LogP contribution in [0.1, 0.15) is 12.8 Å². The maximum Gasteiger partial charge on any atom is 0.311 e. The normalized spacial score (nSPS) is 23.2. The van der Waals surface area contributed by atoms with E-state index in [1.165, 1.54) is 13.2 Å². The van der Waals surface area contributed by atoms with Crippen LogP contribution < -0.4 is 15.0 Å². The minimum Gasteiger partial charge on any atom is -0.490 e. The van der Waals surface area contributed by atoms with E-state index in [-0.39, 0.29) is 5.69 Å². The maximum absolute atomic E-state index is 11.0. The Morgan fingerprint density at radius 1 is 1.29 bits per heavy atom. The number of benzene rings is 1. The molecule has 1 unspecified atom stereocenters. The number of hydrogen-bond acceptors (Lipinski definition) is 6. The number of piperidine rings is 1. The minimum absolute atomic E-state index is 0.0191. The van der Waals surface area contributed by atoms with Gasteiger partial charge in [-0.15, -0.1) is 0 Å². The zero-order chi connectivity index (χ0) is 17.1. The Hall–Kier alpha value is -1.86. The number of nitro groups is 1. The average molecular weight is 334 g/mol. The molecule has 0 aliphatic carbocycles. The highest BCUT2D eigenvalue weighted by atomic mass is 16.6. The third-order valence-corrected chi connectivity index (χ3v) is 5.24. The van der Waals surface area contributed by atoms with Crippen molar-refractivity contribution in [1.29, 1.82) is 0 Å². The Labute approximate surface area is 142 Å². The lowest BCUT2D eigenvalue weighted by molar-refractivity contribution is -0.385. The van der Waals surface area contributed by atoms with E-state index in [0.717, 1.165) is 51.3 Å². The third kappa shape index (κ3) is 3.62. The van der Waals surface area contributed by atoms with Crippen molar-refractivity contribution < 1.29 is 9.66 Å². The fraction of sp³-hybridized carbons (Fsp3) is 0.647. The molecule has 7 heteroatoms. The van der Waals surface area contributed by atoms with Crippen LogP contribution >= 0.6 is 0 Å². The van der Waals surface area contributed by atoms with Crippen molar-refractivity contribution in [2.75, 3.05) is 51.8 Å². The molecular weight excluding hydrogens is 308 g/mol. The standard InChI is InChI=1S/C17H26N4O3/c1-19-10-7-18-15(12-19)13-5-8-20(9-6-13)14-3-4-16(21(22)23)17(11-14)24-2/h3-4,11,13,15,18H,5-10,12H2,1-2H3. The number of hydrogen-bond donors (Lipinski definition) is 1. The highest BCUT2D eigenvalue weighted by Gasteiger charge is 2.29. The fourth-order valence-electron chi connectivity index (χ4n) is 3.82. The summed E-state index contributed by atoms with van der Waals surface area (Å²) >= 11 is 0. The molecule has 0 aromatic heterocycles. The molecule has 2 fully saturated rings. The number of nitro benzene ring substituents is 1. The number of rotatable bonds is 4. The lowest BCUT2D eigenvalue weighted by Gasteiger charge is -2.41. The summed E-state index contributed by atoms with van der Waals surface area (Å²) < 4.78 is 5.18. The number of piperazine rings is 1. The Morgan fingerprint density at radius 3 is 2.67 bits per heavy atom. The quantitative estimate of drug-likeness (QED) is 0.668. The van der Waals surface area contributed by atoms with Gasteiger partial charge in [0.25, 0.3) is 0 Å². The van der Waals surface area contributed by atoms with Crippen LogP contribution in [-0.2, 0) is 0 Å². The van der Waals surface area contributed by atoms with Gasteiger partial charge >= 0.3 is 5.69 Å². The molecular formula is C17H26N4O3.